The summed E-state index contributed by atoms with van der Waals surface area (Å²) in [6, 6.07) is 13.6. The van der Waals surface area contributed by atoms with Gasteiger partial charge in [-0.15, -0.1) is 0 Å². The Morgan fingerprint density at radius 3 is 2.42 bits per heavy atom. The first kappa shape index (κ1) is 19.6. The first-order valence-electron chi connectivity index (χ1n) is 8.12. The number of nitrogens with one attached hydrogen (secondary N) is 2. The van der Waals surface area contributed by atoms with Gasteiger partial charge in [-0.25, -0.2) is 0 Å². The molecule has 0 aliphatic heterocycles. The summed E-state index contributed by atoms with van der Waals surface area (Å²) in [4.78, 5) is 24.1. The van der Waals surface area contributed by atoms with Crippen LogP contribution in [0.5, 0.6) is 11.5 Å². The smallest absolute Gasteiger partial charge is 0.260 e. The standard InChI is InChI=1S/C19H21ClN2O4/c1-13(26-16-8-6-15(20)7-9-16)18(23)21-10-11-22-19(24)14-4-3-5-17(12-14)25-2/h3-9,12-13H,10-11H2,1-2H3,(H,21,23)(H,22,24). The average molecular weight is 377 g/mol. The van der Waals surface area contributed by atoms with Crippen molar-refractivity contribution in [3.05, 3.63) is 59.1 Å². The highest BCUT2D eigenvalue weighted by molar-refractivity contribution is 6.30. The minimum absolute atomic E-state index is 0.233. The maximum Gasteiger partial charge on any atom is 0.260 e. The van der Waals surface area contributed by atoms with Crippen molar-refractivity contribution in [2.45, 2.75) is 13.0 Å². The van der Waals surface area contributed by atoms with E-state index in [-0.39, 0.29) is 11.8 Å². The Morgan fingerprint density at radius 2 is 1.73 bits per heavy atom. The van der Waals surface area contributed by atoms with Crippen LogP contribution in [0.4, 0.5) is 0 Å². The Hall–Kier alpha value is -2.73. The molecular formula is C19H21ClN2O4. The van der Waals surface area contributed by atoms with Gasteiger partial charge < -0.3 is 20.1 Å². The second-order valence-corrected chi connectivity index (χ2v) is 5.93. The van der Waals surface area contributed by atoms with Crippen molar-refractivity contribution in [3.8, 4) is 11.5 Å². The second-order valence-electron chi connectivity index (χ2n) is 5.49. The van der Waals surface area contributed by atoms with Gasteiger partial charge in [0.2, 0.25) is 0 Å². The molecule has 0 saturated carbocycles. The SMILES string of the molecule is COc1cccc(C(=O)NCCNC(=O)C(C)Oc2ccc(Cl)cc2)c1. The average Bonchev–Trinajstić information content (AvgIpc) is 2.66. The third kappa shape index (κ3) is 5.97. The largest absolute Gasteiger partial charge is 0.497 e. The summed E-state index contributed by atoms with van der Waals surface area (Å²) in [6.45, 7) is 2.25. The Kier molecular flexibility index (Phi) is 7.29. The van der Waals surface area contributed by atoms with E-state index in [0.717, 1.165) is 0 Å². The zero-order valence-corrected chi connectivity index (χ0v) is 15.4. The molecule has 26 heavy (non-hydrogen) atoms. The molecule has 2 aromatic rings. The highest BCUT2D eigenvalue weighted by atomic mass is 35.5. The molecule has 7 heteroatoms. The molecule has 1 atom stereocenters. The predicted octanol–water partition coefficient (Wildman–Crippen LogP) is 2.66. The van der Waals surface area contributed by atoms with Gasteiger partial charge in [0.05, 0.1) is 7.11 Å². The minimum atomic E-state index is -0.662. The van der Waals surface area contributed by atoms with Crippen molar-refractivity contribution in [1.82, 2.24) is 10.6 Å². The molecule has 0 aliphatic carbocycles. The summed E-state index contributed by atoms with van der Waals surface area (Å²) >= 11 is 5.81. The summed E-state index contributed by atoms with van der Waals surface area (Å²) in [6.07, 6.45) is -0.662. The maximum atomic E-state index is 12.0. The Bertz CT molecular complexity index is 749. The van der Waals surface area contributed by atoms with Gasteiger partial charge in [-0.2, -0.15) is 0 Å². The molecule has 0 fully saturated rings. The van der Waals surface area contributed by atoms with Crippen molar-refractivity contribution < 1.29 is 19.1 Å². The number of hydrogen-bond acceptors (Lipinski definition) is 4. The van der Waals surface area contributed by atoms with Crippen LogP contribution < -0.4 is 20.1 Å². The number of halogens is 1. The van der Waals surface area contributed by atoms with Crippen LogP contribution in [0.3, 0.4) is 0 Å². The fourth-order valence-electron chi connectivity index (χ4n) is 2.14. The topological polar surface area (TPSA) is 76.7 Å². The molecule has 0 aromatic heterocycles. The first-order valence-corrected chi connectivity index (χ1v) is 8.49. The van der Waals surface area contributed by atoms with Gasteiger partial charge in [0, 0.05) is 23.7 Å². The van der Waals surface area contributed by atoms with E-state index in [2.05, 4.69) is 10.6 Å². The molecule has 0 spiro atoms. The van der Waals surface area contributed by atoms with Crippen LogP contribution in [0, 0.1) is 0 Å². The van der Waals surface area contributed by atoms with Crippen LogP contribution in [0.2, 0.25) is 5.02 Å². The van der Waals surface area contributed by atoms with Gasteiger partial charge >= 0.3 is 0 Å². The van der Waals surface area contributed by atoms with Crippen molar-refractivity contribution in [3.63, 3.8) is 0 Å². The van der Waals surface area contributed by atoms with Crippen LogP contribution in [-0.2, 0) is 4.79 Å². The van der Waals surface area contributed by atoms with Crippen molar-refractivity contribution in [1.29, 1.82) is 0 Å². The summed E-state index contributed by atoms with van der Waals surface area (Å²) < 4.78 is 10.6. The van der Waals surface area contributed by atoms with E-state index in [4.69, 9.17) is 21.1 Å². The van der Waals surface area contributed by atoms with Crippen molar-refractivity contribution in [2.75, 3.05) is 20.2 Å². The summed E-state index contributed by atoms with van der Waals surface area (Å²) in [5, 5.41) is 6.05. The maximum absolute atomic E-state index is 12.0. The van der Waals surface area contributed by atoms with Gasteiger partial charge in [-0.05, 0) is 49.4 Å². The molecule has 0 heterocycles. The monoisotopic (exact) mass is 376 g/mol. The molecule has 6 nitrogen and oxygen atoms in total. The molecule has 0 saturated heterocycles. The lowest BCUT2D eigenvalue weighted by Crippen LogP contribution is -2.40. The number of carbonyl (C=O) groups excluding carboxylic acids is 2. The van der Waals surface area contributed by atoms with Crippen LogP contribution in [0.25, 0.3) is 0 Å². The van der Waals surface area contributed by atoms with E-state index in [1.807, 2.05) is 0 Å². The zero-order chi connectivity index (χ0) is 18.9. The molecule has 2 rings (SSSR count). The number of rotatable bonds is 8. The lowest BCUT2D eigenvalue weighted by molar-refractivity contribution is -0.127. The molecular weight excluding hydrogens is 356 g/mol. The van der Waals surface area contributed by atoms with Gasteiger partial charge in [-0.3, -0.25) is 9.59 Å². The van der Waals surface area contributed by atoms with Gasteiger partial charge in [0.15, 0.2) is 6.10 Å². The molecule has 0 radical (unpaired) electrons. The quantitative estimate of drug-likeness (QED) is 0.694. The van der Waals surface area contributed by atoms with E-state index < -0.39 is 6.10 Å². The number of hydrogen-bond donors (Lipinski definition) is 2. The number of benzene rings is 2. The first-order chi connectivity index (χ1) is 12.5. The summed E-state index contributed by atoms with van der Waals surface area (Å²) in [7, 11) is 1.54. The molecule has 2 amide bonds. The van der Waals surface area contributed by atoms with Crippen LogP contribution in [-0.4, -0.2) is 38.1 Å². The van der Waals surface area contributed by atoms with E-state index >= 15 is 0 Å². The van der Waals surface area contributed by atoms with Crippen molar-refractivity contribution in [2.24, 2.45) is 0 Å². The van der Waals surface area contributed by atoms with E-state index in [1.165, 1.54) is 0 Å². The van der Waals surface area contributed by atoms with Gasteiger partial charge in [0.1, 0.15) is 11.5 Å². The molecule has 0 aliphatic rings. The molecule has 2 N–H and O–H groups in total. The highest BCUT2D eigenvalue weighted by Crippen LogP contribution is 2.16. The van der Waals surface area contributed by atoms with E-state index in [1.54, 1.807) is 62.6 Å². The normalized spacial score (nSPS) is 11.3. The van der Waals surface area contributed by atoms with Crippen LogP contribution in [0.1, 0.15) is 17.3 Å². The number of ether oxygens (including phenoxy) is 2. The molecule has 2 aromatic carbocycles. The predicted molar refractivity (Wildman–Crippen MR) is 99.9 cm³/mol. The van der Waals surface area contributed by atoms with Crippen LogP contribution in [0.15, 0.2) is 48.5 Å². The Morgan fingerprint density at radius 1 is 1.04 bits per heavy atom. The van der Waals surface area contributed by atoms with Gasteiger partial charge in [-0.1, -0.05) is 17.7 Å². The fraction of sp³-hybridized carbons (Fsp3) is 0.263. The third-order valence-corrected chi connectivity index (χ3v) is 3.79. The van der Waals surface area contributed by atoms with Gasteiger partial charge in [0.25, 0.3) is 11.8 Å². The van der Waals surface area contributed by atoms with Crippen LogP contribution >= 0.6 is 11.6 Å². The lowest BCUT2D eigenvalue weighted by Gasteiger charge is -2.15. The molecule has 138 valence electrons. The number of methoxy groups -OCH3 is 1. The van der Waals surface area contributed by atoms with Crippen molar-refractivity contribution >= 4 is 23.4 Å². The van der Waals surface area contributed by atoms with E-state index in [9.17, 15) is 9.59 Å². The highest BCUT2D eigenvalue weighted by Gasteiger charge is 2.14. The third-order valence-electron chi connectivity index (χ3n) is 3.54. The number of amides is 2. The molecule has 1 unspecified atom stereocenters. The fourth-order valence-corrected chi connectivity index (χ4v) is 2.27. The second kappa shape index (κ2) is 9.68. The summed E-state index contributed by atoms with van der Waals surface area (Å²) in [5.41, 5.74) is 0.495. The Balaban J connectivity index is 1.72. The number of carbonyl (C=O) groups is 2. The zero-order valence-electron chi connectivity index (χ0n) is 14.6. The Labute approximate surface area is 157 Å². The molecule has 0 bridgehead atoms. The lowest BCUT2D eigenvalue weighted by atomic mass is 10.2. The minimum Gasteiger partial charge on any atom is -0.497 e. The summed E-state index contributed by atoms with van der Waals surface area (Å²) in [5.74, 6) is 0.668. The van der Waals surface area contributed by atoms with E-state index in [0.29, 0.717) is 35.2 Å².